The van der Waals surface area contributed by atoms with Gasteiger partial charge in [0.15, 0.2) is 6.61 Å². The summed E-state index contributed by atoms with van der Waals surface area (Å²) in [6.07, 6.45) is 1.19. The fourth-order valence-corrected chi connectivity index (χ4v) is 5.08. The second kappa shape index (κ2) is 11.8. The number of urea groups is 1. The average Bonchev–Trinajstić information content (AvgIpc) is 2.87. The number of carbonyl (C=O) groups excluding carboxylic acids is 4. The first-order chi connectivity index (χ1) is 18.5. The second-order valence-electron chi connectivity index (χ2n) is 7.86. The number of nitro groups is 1. The number of nitro benzene ring substituents is 1. The van der Waals surface area contributed by atoms with Crippen LogP contribution in [-0.4, -0.2) is 35.3 Å². The molecule has 5 amide bonds. The Kier molecular flexibility index (Phi) is 8.43. The van der Waals surface area contributed by atoms with E-state index in [9.17, 15) is 29.3 Å². The van der Waals surface area contributed by atoms with Gasteiger partial charge in [-0.1, -0.05) is 45.7 Å². The Hall–Kier alpha value is -4.07. The molecule has 0 saturated carbocycles. The molecule has 14 heteroatoms. The number of barbiturate groups is 1. The van der Waals surface area contributed by atoms with Gasteiger partial charge in [-0.05, 0) is 52.3 Å². The number of hydrogen-bond acceptors (Lipinski definition) is 7. The molecule has 1 heterocycles. The number of halogens is 3. The summed E-state index contributed by atoms with van der Waals surface area (Å²) in [7, 11) is 0. The number of amides is 5. The molecular formula is C25H15Br2ClN4O7. The van der Waals surface area contributed by atoms with Crippen LogP contribution in [0.2, 0.25) is 5.02 Å². The number of ether oxygens (including phenoxy) is 1. The number of nitrogens with zero attached hydrogens (tertiary/aromatic N) is 2. The maximum Gasteiger partial charge on any atom is 0.335 e. The third-order valence-corrected chi connectivity index (χ3v) is 6.61. The number of carbonyl (C=O) groups is 4. The molecule has 0 spiro atoms. The summed E-state index contributed by atoms with van der Waals surface area (Å²) in [4.78, 5) is 62.0. The van der Waals surface area contributed by atoms with Crippen molar-refractivity contribution in [2.75, 3.05) is 16.8 Å². The Bertz CT molecular complexity index is 1580. The van der Waals surface area contributed by atoms with E-state index in [-0.39, 0.29) is 22.7 Å². The number of anilines is 2. The molecule has 0 aliphatic carbocycles. The highest BCUT2D eigenvalue weighted by atomic mass is 79.9. The number of hydrogen-bond donors (Lipinski definition) is 2. The molecule has 0 radical (unpaired) electrons. The van der Waals surface area contributed by atoms with E-state index in [1.165, 1.54) is 30.3 Å². The first kappa shape index (κ1) is 28.0. The quantitative estimate of drug-likeness (QED) is 0.146. The molecule has 4 rings (SSSR count). The Morgan fingerprint density at radius 2 is 1.85 bits per heavy atom. The van der Waals surface area contributed by atoms with Crippen molar-refractivity contribution in [3.8, 4) is 5.75 Å². The molecule has 198 valence electrons. The van der Waals surface area contributed by atoms with Crippen LogP contribution in [0.5, 0.6) is 5.75 Å². The molecule has 1 aliphatic rings. The second-order valence-corrected chi connectivity index (χ2v) is 10.0. The van der Waals surface area contributed by atoms with Crippen molar-refractivity contribution < 1.29 is 28.8 Å². The normalized spacial score (nSPS) is 14.3. The summed E-state index contributed by atoms with van der Waals surface area (Å²) in [5.74, 6) is -2.39. The van der Waals surface area contributed by atoms with Crippen molar-refractivity contribution >= 4 is 90.4 Å². The summed E-state index contributed by atoms with van der Waals surface area (Å²) in [6, 6.07) is 13.6. The van der Waals surface area contributed by atoms with Gasteiger partial charge in [-0.3, -0.25) is 29.8 Å². The fourth-order valence-electron chi connectivity index (χ4n) is 3.52. The van der Waals surface area contributed by atoms with E-state index in [1.807, 2.05) is 0 Å². The lowest BCUT2D eigenvalue weighted by Crippen LogP contribution is -2.54. The molecule has 0 atom stereocenters. The Morgan fingerprint density at radius 3 is 2.56 bits per heavy atom. The lowest BCUT2D eigenvalue weighted by Gasteiger charge is -2.26. The van der Waals surface area contributed by atoms with Crippen LogP contribution in [0.4, 0.5) is 21.9 Å². The predicted octanol–water partition coefficient (Wildman–Crippen LogP) is 5.46. The fraction of sp³-hybridized carbons (Fsp3) is 0.0400. The molecule has 1 saturated heterocycles. The number of non-ortho nitro benzene ring substituents is 1. The summed E-state index contributed by atoms with van der Waals surface area (Å²) in [6.45, 7) is -0.444. The molecule has 3 aromatic carbocycles. The van der Waals surface area contributed by atoms with Crippen molar-refractivity contribution in [1.29, 1.82) is 0 Å². The Labute approximate surface area is 242 Å². The average molecular weight is 679 g/mol. The van der Waals surface area contributed by atoms with Crippen LogP contribution >= 0.6 is 43.5 Å². The summed E-state index contributed by atoms with van der Waals surface area (Å²) >= 11 is 12.8. The van der Waals surface area contributed by atoms with Crippen LogP contribution in [0.25, 0.3) is 6.08 Å². The number of benzene rings is 3. The number of nitrogens with one attached hydrogen (secondary N) is 2. The molecular weight excluding hydrogens is 664 g/mol. The maximum atomic E-state index is 13.3. The zero-order chi connectivity index (χ0) is 28.3. The molecule has 0 bridgehead atoms. The van der Waals surface area contributed by atoms with Crippen molar-refractivity contribution in [3.05, 3.63) is 95.9 Å². The van der Waals surface area contributed by atoms with Crippen LogP contribution in [0.15, 0.2) is 75.2 Å². The molecule has 0 aromatic heterocycles. The van der Waals surface area contributed by atoms with Gasteiger partial charge in [0, 0.05) is 22.2 Å². The first-order valence-corrected chi connectivity index (χ1v) is 12.8. The van der Waals surface area contributed by atoms with E-state index in [2.05, 4.69) is 42.5 Å². The zero-order valence-electron chi connectivity index (χ0n) is 19.4. The first-order valence-electron chi connectivity index (χ1n) is 10.9. The van der Waals surface area contributed by atoms with Crippen molar-refractivity contribution in [2.24, 2.45) is 0 Å². The van der Waals surface area contributed by atoms with Crippen LogP contribution < -0.4 is 20.3 Å². The van der Waals surface area contributed by atoms with Crippen LogP contribution in [0.3, 0.4) is 0 Å². The van der Waals surface area contributed by atoms with E-state index in [1.54, 1.807) is 30.3 Å². The number of rotatable bonds is 7. The standard InChI is InChI=1S/C25H15Br2ClN4O7/c26-14-8-13(22(18(27)10-14)39-12-21(33)29-20-7-2-1-6-19(20)28)9-17-23(34)30-25(36)31(24(17)35)15-4-3-5-16(11-15)32(37)38/h1-11H,12H2,(H,29,33)(H,30,34,36)/b17-9-. The molecule has 39 heavy (non-hydrogen) atoms. The van der Waals surface area contributed by atoms with E-state index in [4.69, 9.17) is 16.3 Å². The van der Waals surface area contributed by atoms with Crippen LogP contribution in [0.1, 0.15) is 5.56 Å². The van der Waals surface area contributed by atoms with E-state index >= 15 is 0 Å². The maximum absolute atomic E-state index is 13.3. The molecule has 11 nitrogen and oxygen atoms in total. The molecule has 3 aromatic rings. The van der Waals surface area contributed by atoms with Crippen molar-refractivity contribution in [3.63, 3.8) is 0 Å². The highest BCUT2D eigenvalue weighted by Gasteiger charge is 2.37. The lowest BCUT2D eigenvalue weighted by molar-refractivity contribution is -0.384. The highest BCUT2D eigenvalue weighted by molar-refractivity contribution is 9.11. The van der Waals surface area contributed by atoms with Gasteiger partial charge in [0.2, 0.25) is 0 Å². The third-order valence-electron chi connectivity index (χ3n) is 5.23. The largest absolute Gasteiger partial charge is 0.482 e. The summed E-state index contributed by atoms with van der Waals surface area (Å²) in [5, 5.41) is 16.2. The lowest BCUT2D eigenvalue weighted by atomic mass is 10.1. The van der Waals surface area contributed by atoms with E-state index in [0.29, 0.717) is 24.6 Å². The smallest absolute Gasteiger partial charge is 0.335 e. The van der Waals surface area contributed by atoms with Crippen molar-refractivity contribution in [1.82, 2.24) is 5.32 Å². The van der Waals surface area contributed by atoms with Gasteiger partial charge in [-0.25, -0.2) is 9.69 Å². The summed E-state index contributed by atoms with van der Waals surface area (Å²) < 4.78 is 6.66. The minimum atomic E-state index is -1.06. The SMILES string of the molecule is O=C(COc1c(Br)cc(Br)cc1/C=C1/C(=O)NC(=O)N(c2cccc([N+](=O)[O-])c2)C1=O)Nc1ccccc1Cl. The van der Waals surface area contributed by atoms with Gasteiger partial charge in [0.25, 0.3) is 23.4 Å². The van der Waals surface area contributed by atoms with E-state index in [0.717, 1.165) is 6.07 Å². The monoisotopic (exact) mass is 676 g/mol. The minimum absolute atomic E-state index is 0.103. The van der Waals surface area contributed by atoms with Crippen LogP contribution in [-0.2, 0) is 14.4 Å². The van der Waals surface area contributed by atoms with Gasteiger partial charge in [-0.2, -0.15) is 0 Å². The Balaban J connectivity index is 1.65. The Morgan fingerprint density at radius 1 is 1.10 bits per heavy atom. The molecule has 2 N–H and O–H groups in total. The summed E-state index contributed by atoms with van der Waals surface area (Å²) in [5.41, 5.74) is -0.295. The van der Waals surface area contributed by atoms with Gasteiger partial charge >= 0.3 is 6.03 Å². The van der Waals surface area contributed by atoms with Crippen LogP contribution in [0, 0.1) is 10.1 Å². The molecule has 0 unspecified atom stereocenters. The topological polar surface area (TPSA) is 148 Å². The van der Waals surface area contributed by atoms with Gasteiger partial charge in [-0.15, -0.1) is 0 Å². The number of imide groups is 2. The minimum Gasteiger partial charge on any atom is -0.482 e. The van der Waals surface area contributed by atoms with Gasteiger partial charge < -0.3 is 10.1 Å². The molecule has 1 aliphatic heterocycles. The molecule has 1 fully saturated rings. The zero-order valence-corrected chi connectivity index (χ0v) is 23.4. The predicted molar refractivity (Wildman–Crippen MR) is 150 cm³/mol. The van der Waals surface area contributed by atoms with Gasteiger partial charge in [0.1, 0.15) is 11.3 Å². The third kappa shape index (κ3) is 6.33. The van der Waals surface area contributed by atoms with Gasteiger partial charge in [0.05, 0.1) is 25.8 Å². The number of para-hydroxylation sites is 1. The highest BCUT2D eigenvalue weighted by Crippen LogP contribution is 2.35. The van der Waals surface area contributed by atoms with E-state index < -0.39 is 40.9 Å². The van der Waals surface area contributed by atoms with Crippen molar-refractivity contribution in [2.45, 2.75) is 0 Å².